The van der Waals surface area contributed by atoms with Crippen molar-refractivity contribution in [2.24, 2.45) is 0 Å². The summed E-state index contributed by atoms with van der Waals surface area (Å²) in [7, 11) is 0. The predicted molar refractivity (Wildman–Crippen MR) is 98.9 cm³/mol. The van der Waals surface area contributed by atoms with Crippen molar-refractivity contribution in [2.75, 3.05) is 0 Å². The lowest BCUT2D eigenvalue weighted by molar-refractivity contribution is 0.590. The predicted octanol–water partition coefficient (Wildman–Crippen LogP) is 5.85. The van der Waals surface area contributed by atoms with Crippen LogP contribution in [0.25, 0.3) is 10.9 Å². The molecule has 0 spiro atoms. The number of hydrogen-bond donors (Lipinski definition) is 0. The maximum absolute atomic E-state index is 13.8. The third kappa shape index (κ3) is 3.64. The number of nitrogens with zero attached hydrogens (tertiary/aromatic N) is 1. The fourth-order valence-electron chi connectivity index (χ4n) is 3.07. The van der Waals surface area contributed by atoms with Crippen LogP contribution in [0.1, 0.15) is 43.9 Å². The number of aromatic nitrogens is 1. The van der Waals surface area contributed by atoms with Gasteiger partial charge in [0.15, 0.2) is 0 Å². The first-order valence-corrected chi connectivity index (χ1v) is 8.57. The van der Waals surface area contributed by atoms with E-state index >= 15 is 0 Å². The zero-order valence-corrected chi connectivity index (χ0v) is 14.6. The molecule has 0 unspecified atom stereocenters. The van der Waals surface area contributed by atoms with E-state index in [0.717, 1.165) is 24.6 Å². The number of rotatable bonds is 4. The fourth-order valence-corrected chi connectivity index (χ4v) is 3.07. The molecule has 0 bridgehead atoms. The summed E-state index contributed by atoms with van der Waals surface area (Å²) in [5, 5.41) is 0.931. The van der Waals surface area contributed by atoms with E-state index in [9.17, 15) is 4.39 Å². The number of aryl methyl sites for hydroxylation is 2. The maximum Gasteiger partial charge on any atom is 0.149 e. The Morgan fingerprint density at radius 1 is 0.917 bits per heavy atom. The van der Waals surface area contributed by atoms with Crippen LogP contribution in [0.5, 0.6) is 0 Å². The first-order chi connectivity index (χ1) is 11.4. The molecule has 0 N–H and O–H groups in total. The second kappa shape index (κ2) is 6.72. The molecule has 124 valence electrons. The molecule has 1 aromatic heterocycles. The van der Waals surface area contributed by atoms with Gasteiger partial charge < -0.3 is 0 Å². The van der Waals surface area contributed by atoms with E-state index in [1.54, 1.807) is 12.3 Å². The lowest BCUT2D eigenvalue weighted by Crippen LogP contribution is -2.10. The Labute approximate surface area is 143 Å². The van der Waals surface area contributed by atoms with Crippen LogP contribution in [0.3, 0.4) is 0 Å². The monoisotopic (exact) mass is 321 g/mol. The van der Waals surface area contributed by atoms with Crippen molar-refractivity contribution >= 4 is 10.9 Å². The Balaban J connectivity index is 1.68. The molecule has 0 amide bonds. The van der Waals surface area contributed by atoms with Gasteiger partial charge in [-0.3, -0.25) is 4.98 Å². The average Bonchev–Trinajstić information content (AvgIpc) is 2.55. The normalized spacial score (nSPS) is 11.8. The molecule has 0 atom stereocenters. The number of pyridine rings is 1. The number of para-hydroxylation sites is 1. The number of hydrogen-bond acceptors (Lipinski definition) is 1. The van der Waals surface area contributed by atoms with Crippen LogP contribution >= 0.6 is 0 Å². The first-order valence-electron chi connectivity index (χ1n) is 8.57. The van der Waals surface area contributed by atoms with Crippen LogP contribution in [0.4, 0.5) is 4.39 Å². The molecule has 24 heavy (non-hydrogen) atoms. The molecular formula is C22H24FN. The number of benzene rings is 2. The minimum atomic E-state index is -0.243. The Bertz CT molecular complexity index is 829. The standard InChI is InChI=1S/C22H24FN/c1-22(2,3)18-12-10-16(11-13-18)6-4-7-17-14-15-24-21-19(17)8-5-9-20(21)23/h5,8-15H,4,6-7H2,1-3H3. The molecule has 1 heterocycles. The van der Waals surface area contributed by atoms with Gasteiger partial charge in [-0.15, -0.1) is 0 Å². The van der Waals surface area contributed by atoms with Gasteiger partial charge >= 0.3 is 0 Å². The van der Waals surface area contributed by atoms with E-state index in [0.29, 0.717) is 5.52 Å². The van der Waals surface area contributed by atoms with Crippen molar-refractivity contribution in [3.05, 3.63) is 77.2 Å². The summed E-state index contributed by atoms with van der Waals surface area (Å²) in [5.41, 5.74) is 4.56. The van der Waals surface area contributed by atoms with Crippen LogP contribution < -0.4 is 0 Å². The van der Waals surface area contributed by atoms with Gasteiger partial charge in [0.25, 0.3) is 0 Å². The molecule has 0 aliphatic heterocycles. The molecule has 0 fully saturated rings. The highest BCUT2D eigenvalue weighted by atomic mass is 19.1. The molecule has 0 saturated heterocycles. The fraction of sp³-hybridized carbons (Fsp3) is 0.318. The topological polar surface area (TPSA) is 12.9 Å². The Hall–Kier alpha value is -2.22. The summed E-state index contributed by atoms with van der Waals surface area (Å²) in [6.07, 6.45) is 4.72. The van der Waals surface area contributed by atoms with Crippen LogP contribution in [-0.4, -0.2) is 4.98 Å². The van der Waals surface area contributed by atoms with Gasteiger partial charge in [0.05, 0.1) is 0 Å². The second-order valence-electron chi connectivity index (χ2n) is 7.41. The van der Waals surface area contributed by atoms with Crippen molar-refractivity contribution in [1.82, 2.24) is 4.98 Å². The lowest BCUT2D eigenvalue weighted by Gasteiger charge is -2.19. The molecule has 0 radical (unpaired) electrons. The minimum Gasteiger partial charge on any atom is -0.253 e. The van der Waals surface area contributed by atoms with Crippen molar-refractivity contribution in [3.63, 3.8) is 0 Å². The summed E-state index contributed by atoms with van der Waals surface area (Å²) in [4.78, 5) is 4.17. The van der Waals surface area contributed by atoms with E-state index < -0.39 is 0 Å². The summed E-state index contributed by atoms with van der Waals surface area (Å²) in [5.74, 6) is -0.243. The summed E-state index contributed by atoms with van der Waals surface area (Å²) >= 11 is 0. The van der Waals surface area contributed by atoms with E-state index in [2.05, 4.69) is 50.0 Å². The molecule has 3 rings (SSSR count). The summed E-state index contributed by atoms with van der Waals surface area (Å²) in [6, 6.07) is 16.1. The third-order valence-corrected chi connectivity index (χ3v) is 4.54. The van der Waals surface area contributed by atoms with Gasteiger partial charge in [0.1, 0.15) is 11.3 Å². The molecule has 0 saturated carbocycles. The highest BCUT2D eigenvalue weighted by Gasteiger charge is 2.12. The molecule has 0 aliphatic rings. The zero-order chi connectivity index (χ0) is 17.2. The van der Waals surface area contributed by atoms with Crippen molar-refractivity contribution < 1.29 is 4.39 Å². The molecule has 1 nitrogen and oxygen atoms in total. The van der Waals surface area contributed by atoms with Crippen LogP contribution in [-0.2, 0) is 18.3 Å². The molecular weight excluding hydrogens is 297 g/mol. The molecule has 0 aliphatic carbocycles. The largest absolute Gasteiger partial charge is 0.253 e. The Kier molecular flexibility index (Phi) is 4.66. The van der Waals surface area contributed by atoms with Crippen molar-refractivity contribution in [3.8, 4) is 0 Å². The number of fused-ring (bicyclic) bond motifs is 1. The molecule has 3 aromatic rings. The van der Waals surface area contributed by atoms with Gasteiger partial charge in [-0.2, -0.15) is 0 Å². The highest BCUT2D eigenvalue weighted by molar-refractivity contribution is 5.82. The summed E-state index contributed by atoms with van der Waals surface area (Å²) < 4.78 is 13.8. The summed E-state index contributed by atoms with van der Waals surface area (Å²) in [6.45, 7) is 6.70. The SMILES string of the molecule is CC(C)(C)c1ccc(CCCc2ccnc3c(F)cccc23)cc1. The van der Waals surface area contributed by atoms with Gasteiger partial charge in [0.2, 0.25) is 0 Å². The Morgan fingerprint density at radius 3 is 2.38 bits per heavy atom. The van der Waals surface area contributed by atoms with E-state index in [1.807, 2.05) is 12.1 Å². The number of halogens is 1. The van der Waals surface area contributed by atoms with Crippen LogP contribution in [0.15, 0.2) is 54.7 Å². The van der Waals surface area contributed by atoms with Gasteiger partial charge in [0, 0.05) is 11.6 Å². The molecule has 2 aromatic carbocycles. The second-order valence-corrected chi connectivity index (χ2v) is 7.41. The average molecular weight is 321 g/mol. The van der Waals surface area contributed by atoms with Gasteiger partial charge in [-0.05, 0) is 53.5 Å². The lowest BCUT2D eigenvalue weighted by atomic mass is 9.86. The Morgan fingerprint density at radius 2 is 1.67 bits per heavy atom. The van der Waals surface area contributed by atoms with Crippen molar-refractivity contribution in [1.29, 1.82) is 0 Å². The first kappa shape index (κ1) is 16.6. The highest BCUT2D eigenvalue weighted by Crippen LogP contribution is 2.23. The van der Waals surface area contributed by atoms with E-state index in [1.165, 1.54) is 22.8 Å². The maximum atomic E-state index is 13.8. The van der Waals surface area contributed by atoms with Gasteiger partial charge in [-0.1, -0.05) is 57.2 Å². The van der Waals surface area contributed by atoms with Gasteiger partial charge in [-0.25, -0.2) is 4.39 Å². The minimum absolute atomic E-state index is 0.193. The third-order valence-electron chi connectivity index (χ3n) is 4.54. The van der Waals surface area contributed by atoms with Crippen LogP contribution in [0.2, 0.25) is 0 Å². The van der Waals surface area contributed by atoms with E-state index in [4.69, 9.17) is 0 Å². The molecule has 2 heteroatoms. The zero-order valence-electron chi connectivity index (χ0n) is 14.6. The van der Waals surface area contributed by atoms with E-state index in [-0.39, 0.29) is 11.2 Å². The smallest absolute Gasteiger partial charge is 0.149 e. The quantitative estimate of drug-likeness (QED) is 0.587. The van der Waals surface area contributed by atoms with Crippen LogP contribution in [0, 0.1) is 5.82 Å². The van der Waals surface area contributed by atoms with Crippen molar-refractivity contribution in [2.45, 2.75) is 45.4 Å².